The van der Waals surface area contributed by atoms with Gasteiger partial charge in [-0.05, 0) is 35.2 Å². The second-order valence-corrected chi connectivity index (χ2v) is 7.35. The number of hydrogen-bond acceptors (Lipinski definition) is 4. The summed E-state index contributed by atoms with van der Waals surface area (Å²) in [6.45, 7) is 2.60. The molecular weight excluding hydrogens is 374 g/mol. The van der Waals surface area contributed by atoms with Gasteiger partial charge < -0.3 is 4.42 Å². The summed E-state index contributed by atoms with van der Waals surface area (Å²) in [6.07, 6.45) is 0.836. The predicted octanol–water partition coefficient (Wildman–Crippen LogP) is 4.36. The Hall–Kier alpha value is -3.62. The first-order chi connectivity index (χ1) is 14.7. The molecule has 0 radical (unpaired) electrons. The average Bonchev–Trinajstić information content (AvgIpc) is 3.08. The van der Waals surface area contributed by atoms with Crippen LogP contribution in [0.2, 0.25) is 0 Å². The van der Waals surface area contributed by atoms with Crippen LogP contribution in [0.15, 0.2) is 88.1 Å². The van der Waals surface area contributed by atoms with Crippen LogP contribution in [-0.2, 0) is 26.1 Å². The molecule has 0 unspecified atom stereocenters. The van der Waals surface area contributed by atoms with E-state index in [4.69, 9.17) is 9.68 Å². The van der Waals surface area contributed by atoms with Crippen molar-refractivity contribution in [3.05, 3.63) is 106 Å². The van der Waals surface area contributed by atoms with Gasteiger partial charge in [-0.25, -0.2) is 4.79 Å². The first-order valence-corrected chi connectivity index (χ1v) is 10.0. The van der Waals surface area contributed by atoms with Crippen LogP contribution in [0.3, 0.4) is 0 Å². The monoisotopic (exact) mass is 397 g/mol. The molecule has 0 spiro atoms. The van der Waals surface area contributed by atoms with Gasteiger partial charge in [-0.15, -0.1) is 0 Å². The van der Waals surface area contributed by atoms with E-state index >= 15 is 0 Å². The van der Waals surface area contributed by atoms with Gasteiger partial charge in [0.1, 0.15) is 6.54 Å². The zero-order valence-electron chi connectivity index (χ0n) is 16.7. The average molecular weight is 397 g/mol. The van der Waals surface area contributed by atoms with Crippen LogP contribution in [0.5, 0.6) is 0 Å². The molecule has 1 heterocycles. The summed E-state index contributed by atoms with van der Waals surface area (Å²) in [5.41, 5.74) is 4.86. The fourth-order valence-electron chi connectivity index (χ4n) is 3.67. The van der Waals surface area contributed by atoms with Gasteiger partial charge in [0.15, 0.2) is 5.58 Å². The van der Waals surface area contributed by atoms with Crippen LogP contribution in [0.1, 0.15) is 16.7 Å². The summed E-state index contributed by atoms with van der Waals surface area (Å²) in [6, 6.07) is 28.7. The number of rotatable bonds is 8. The number of aromatic nitrogens is 1. The van der Waals surface area contributed by atoms with Crippen LogP contribution in [-0.4, -0.2) is 16.0 Å². The zero-order chi connectivity index (χ0) is 20.8. The highest BCUT2D eigenvalue weighted by Crippen LogP contribution is 2.17. The van der Waals surface area contributed by atoms with Gasteiger partial charge in [-0.1, -0.05) is 66.7 Å². The SMILES string of the molecule is N#CCn1c(=O)oc2cc(CCN(Cc3ccccc3)Cc3ccccc3)ccc21. The smallest absolute Gasteiger partial charge is 0.408 e. The highest BCUT2D eigenvalue weighted by atomic mass is 16.4. The Bertz CT molecular complexity index is 1160. The van der Waals surface area contributed by atoms with Gasteiger partial charge in [-0.2, -0.15) is 5.26 Å². The maximum absolute atomic E-state index is 11.9. The Morgan fingerprint density at radius 2 is 1.50 bits per heavy atom. The standard InChI is InChI=1S/C25H23N3O2/c26-14-16-28-23-12-11-20(17-24(23)30-25(28)29)13-15-27(18-21-7-3-1-4-8-21)19-22-9-5-2-6-10-22/h1-12,17H,13,15-16,18-19H2. The lowest BCUT2D eigenvalue weighted by Crippen LogP contribution is -2.25. The number of benzene rings is 3. The molecule has 0 aliphatic rings. The van der Waals surface area contributed by atoms with Crippen molar-refractivity contribution in [2.24, 2.45) is 0 Å². The first-order valence-electron chi connectivity index (χ1n) is 10.0. The highest BCUT2D eigenvalue weighted by Gasteiger charge is 2.11. The molecule has 0 bridgehead atoms. The number of nitrogens with zero attached hydrogens (tertiary/aromatic N) is 3. The van der Waals surface area contributed by atoms with E-state index in [1.54, 1.807) is 0 Å². The summed E-state index contributed by atoms with van der Waals surface area (Å²) in [5, 5.41) is 8.91. The van der Waals surface area contributed by atoms with Gasteiger partial charge in [0, 0.05) is 19.6 Å². The van der Waals surface area contributed by atoms with Crippen LogP contribution >= 0.6 is 0 Å². The van der Waals surface area contributed by atoms with E-state index in [2.05, 4.69) is 53.4 Å². The third kappa shape index (κ3) is 4.68. The zero-order valence-corrected chi connectivity index (χ0v) is 16.7. The van der Waals surface area contributed by atoms with Crippen molar-refractivity contribution in [1.29, 1.82) is 5.26 Å². The van der Waals surface area contributed by atoms with Crippen molar-refractivity contribution in [2.45, 2.75) is 26.1 Å². The van der Waals surface area contributed by atoms with Gasteiger partial charge in [-0.3, -0.25) is 9.47 Å². The number of hydrogen-bond donors (Lipinski definition) is 0. The van der Waals surface area contributed by atoms with Gasteiger partial charge in [0.05, 0.1) is 11.6 Å². The minimum absolute atomic E-state index is 0.00684. The fourth-order valence-corrected chi connectivity index (χ4v) is 3.67. The molecule has 5 nitrogen and oxygen atoms in total. The highest BCUT2D eigenvalue weighted by molar-refractivity contribution is 5.73. The first kappa shape index (κ1) is 19.7. The molecule has 0 N–H and O–H groups in total. The Morgan fingerprint density at radius 3 is 2.10 bits per heavy atom. The Kier molecular flexibility index (Phi) is 6.07. The molecule has 0 atom stereocenters. The summed E-state index contributed by atoms with van der Waals surface area (Å²) in [4.78, 5) is 14.4. The molecule has 3 aromatic carbocycles. The van der Waals surface area contributed by atoms with E-state index in [9.17, 15) is 4.79 Å². The van der Waals surface area contributed by atoms with Crippen LogP contribution < -0.4 is 5.76 Å². The number of fused-ring (bicyclic) bond motifs is 1. The van der Waals surface area contributed by atoms with E-state index in [1.165, 1.54) is 15.7 Å². The maximum Gasteiger partial charge on any atom is 0.420 e. The van der Waals surface area contributed by atoms with E-state index in [1.807, 2.05) is 36.4 Å². The van der Waals surface area contributed by atoms with Crippen LogP contribution in [0, 0.1) is 11.3 Å². The topological polar surface area (TPSA) is 62.2 Å². The molecule has 0 aliphatic carbocycles. The summed E-state index contributed by atoms with van der Waals surface area (Å²) in [5.74, 6) is -0.488. The maximum atomic E-state index is 11.9. The summed E-state index contributed by atoms with van der Waals surface area (Å²) in [7, 11) is 0. The largest absolute Gasteiger partial charge is 0.420 e. The molecule has 1 aromatic heterocycles. The van der Waals surface area contributed by atoms with Gasteiger partial charge >= 0.3 is 5.76 Å². The second-order valence-electron chi connectivity index (χ2n) is 7.35. The third-order valence-electron chi connectivity index (χ3n) is 5.18. The Balaban J connectivity index is 1.51. The second kappa shape index (κ2) is 9.25. The molecule has 4 aromatic rings. The lowest BCUT2D eigenvalue weighted by atomic mass is 10.1. The van der Waals surface area contributed by atoms with E-state index in [-0.39, 0.29) is 6.54 Å². The molecule has 0 fully saturated rings. The van der Waals surface area contributed by atoms with E-state index in [0.29, 0.717) is 11.1 Å². The molecule has 0 amide bonds. The van der Waals surface area contributed by atoms with Crippen molar-refractivity contribution in [3.63, 3.8) is 0 Å². The predicted molar refractivity (Wildman–Crippen MR) is 117 cm³/mol. The van der Waals surface area contributed by atoms with Crippen molar-refractivity contribution in [3.8, 4) is 6.07 Å². The third-order valence-corrected chi connectivity index (χ3v) is 5.18. The van der Waals surface area contributed by atoms with Crippen molar-refractivity contribution in [2.75, 3.05) is 6.54 Å². The Morgan fingerprint density at radius 1 is 0.867 bits per heavy atom. The molecule has 150 valence electrons. The molecule has 0 saturated carbocycles. The molecule has 4 rings (SSSR count). The summed E-state index contributed by atoms with van der Waals surface area (Å²) < 4.78 is 6.69. The normalized spacial score (nSPS) is 11.1. The van der Waals surface area contributed by atoms with Crippen LogP contribution in [0.4, 0.5) is 0 Å². The number of nitriles is 1. The lowest BCUT2D eigenvalue weighted by molar-refractivity contribution is 0.260. The minimum atomic E-state index is -0.488. The number of oxazole rings is 1. The Labute approximate surface area is 175 Å². The molecule has 30 heavy (non-hydrogen) atoms. The molecule has 0 saturated heterocycles. The van der Waals surface area contributed by atoms with Crippen molar-refractivity contribution in [1.82, 2.24) is 9.47 Å². The van der Waals surface area contributed by atoms with Crippen LogP contribution in [0.25, 0.3) is 11.1 Å². The van der Waals surface area contributed by atoms with Gasteiger partial charge in [0.25, 0.3) is 0 Å². The molecule has 5 heteroatoms. The summed E-state index contributed by atoms with van der Waals surface area (Å²) >= 11 is 0. The van der Waals surface area contributed by atoms with E-state index in [0.717, 1.165) is 31.6 Å². The lowest BCUT2D eigenvalue weighted by Gasteiger charge is -2.23. The molecular formula is C25H23N3O2. The van der Waals surface area contributed by atoms with Crippen molar-refractivity contribution < 1.29 is 4.42 Å². The minimum Gasteiger partial charge on any atom is -0.408 e. The fraction of sp³-hybridized carbons (Fsp3) is 0.200. The quantitative estimate of drug-likeness (QED) is 0.443. The van der Waals surface area contributed by atoms with Gasteiger partial charge in [0.2, 0.25) is 0 Å². The van der Waals surface area contributed by atoms with Crippen molar-refractivity contribution >= 4 is 11.1 Å². The van der Waals surface area contributed by atoms with E-state index < -0.39 is 5.76 Å². The molecule has 0 aliphatic heterocycles.